The summed E-state index contributed by atoms with van der Waals surface area (Å²) < 4.78 is 38.6. The standard InChI is InChI=1S/C22H17F3N2O2/c23-22(24,25)19(28)14-11-12-17-18(13-14)27-20(26-17)21(29,15-7-3-1-4-8-15)16-9-5-2-6-10-16/h1-13,19,28-29H,(H,26,27). The molecule has 0 amide bonds. The van der Waals surface area contributed by atoms with Crippen LogP contribution in [0.15, 0.2) is 78.9 Å². The molecule has 1 atom stereocenters. The van der Waals surface area contributed by atoms with Crippen LogP contribution >= 0.6 is 0 Å². The van der Waals surface area contributed by atoms with Gasteiger partial charge in [0.15, 0.2) is 11.7 Å². The summed E-state index contributed by atoms with van der Waals surface area (Å²) >= 11 is 0. The fourth-order valence-corrected chi connectivity index (χ4v) is 3.36. The van der Waals surface area contributed by atoms with Gasteiger partial charge in [0.2, 0.25) is 0 Å². The highest BCUT2D eigenvalue weighted by Gasteiger charge is 2.40. The Balaban J connectivity index is 1.88. The highest BCUT2D eigenvalue weighted by atomic mass is 19.4. The topological polar surface area (TPSA) is 69.1 Å². The Morgan fingerprint density at radius 1 is 0.828 bits per heavy atom. The molecular formula is C22H17F3N2O2. The zero-order valence-corrected chi connectivity index (χ0v) is 15.1. The molecule has 1 heterocycles. The van der Waals surface area contributed by atoms with E-state index >= 15 is 0 Å². The third kappa shape index (κ3) is 3.39. The average Bonchev–Trinajstić information content (AvgIpc) is 3.17. The van der Waals surface area contributed by atoms with Crippen molar-refractivity contribution in [3.8, 4) is 0 Å². The van der Waals surface area contributed by atoms with Crippen LogP contribution in [0.1, 0.15) is 28.6 Å². The van der Waals surface area contributed by atoms with Crippen LogP contribution in [0.3, 0.4) is 0 Å². The minimum Gasteiger partial charge on any atom is -0.379 e. The van der Waals surface area contributed by atoms with Crippen molar-refractivity contribution in [3.63, 3.8) is 0 Å². The first-order valence-electron chi connectivity index (χ1n) is 8.88. The smallest absolute Gasteiger partial charge is 0.379 e. The minimum atomic E-state index is -4.77. The van der Waals surface area contributed by atoms with E-state index in [0.29, 0.717) is 16.6 Å². The summed E-state index contributed by atoms with van der Waals surface area (Å²) in [6, 6.07) is 21.5. The van der Waals surface area contributed by atoms with E-state index in [1.165, 1.54) is 18.2 Å². The summed E-state index contributed by atoms with van der Waals surface area (Å²) in [5, 5.41) is 21.2. The number of hydrogen-bond donors (Lipinski definition) is 3. The van der Waals surface area contributed by atoms with E-state index in [0.717, 1.165) is 0 Å². The molecule has 4 nitrogen and oxygen atoms in total. The van der Waals surface area contributed by atoms with Gasteiger partial charge in [-0.15, -0.1) is 0 Å². The Labute approximate surface area is 164 Å². The van der Waals surface area contributed by atoms with Gasteiger partial charge in [0, 0.05) is 0 Å². The molecule has 0 aliphatic heterocycles. The van der Waals surface area contributed by atoms with Gasteiger partial charge in [-0.25, -0.2) is 4.98 Å². The second-order valence-electron chi connectivity index (χ2n) is 6.75. The zero-order chi connectivity index (χ0) is 20.6. The fraction of sp³-hybridized carbons (Fsp3) is 0.136. The summed E-state index contributed by atoms with van der Waals surface area (Å²) in [4.78, 5) is 7.37. The molecule has 7 heteroatoms. The number of nitrogens with zero attached hydrogens (tertiary/aromatic N) is 1. The minimum absolute atomic E-state index is 0.170. The van der Waals surface area contributed by atoms with Crippen LogP contribution < -0.4 is 0 Å². The van der Waals surface area contributed by atoms with Crippen molar-refractivity contribution in [1.29, 1.82) is 0 Å². The third-order valence-electron chi connectivity index (χ3n) is 4.86. The Hall–Kier alpha value is -3.16. The number of aliphatic hydroxyl groups is 2. The lowest BCUT2D eigenvalue weighted by Crippen LogP contribution is -2.30. The molecule has 0 saturated heterocycles. The van der Waals surface area contributed by atoms with E-state index in [9.17, 15) is 23.4 Å². The predicted molar refractivity (Wildman–Crippen MR) is 102 cm³/mol. The number of aromatic nitrogens is 2. The van der Waals surface area contributed by atoms with E-state index in [1.807, 2.05) is 12.1 Å². The van der Waals surface area contributed by atoms with Crippen molar-refractivity contribution in [2.24, 2.45) is 0 Å². The van der Waals surface area contributed by atoms with Gasteiger partial charge < -0.3 is 15.2 Å². The SMILES string of the molecule is OC(c1ccc2nc(C(O)(c3ccccc3)c3ccccc3)[nH]c2c1)C(F)(F)F. The number of nitrogens with one attached hydrogen (secondary N) is 1. The van der Waals surface area contributed by atoms with Crippen molar-refractivity contribution < 1.29 is 23.4 Å². The lowest BCUT2D eigenvalue weighted by Gasteiger charge is -2.27. The van der Waals surface area contributed by atoms with Gasteiger partial charge in [-0.2, -0.15) is 13.2 Å². The summed E-state index contributed by atoms with van der Waals surface area (Å²) in [6.45, 7) is 0. The number of halogens is 3. The van der Waals surface area contributed by atoms with Crippen molar-refractivity contribution in [2.75, 3.05) is 0 Å². The fourth-order valence-electron chi connectivity index (χ4n) is 3.36. The molecular weight excluding hydrogens is 381 g/mol. The maximum absolute atomic E-state index is 12.9. The maximum Gasteiger partial charge on any atom is 0.418 e. The lowest BCUT2D eigenvalue weighted by atomic mass is 9.85. The Morgan fingerprint density at radius 2 is 1.38 bits per heavy atom. The van der Waals surface area contributed by atoms with Crippen molar-refractivity contribution in [2.45, 2.75) is 17.9 Å². The summed E-state index contributed by atoms with van der Waals surface area (Å²) in [7, 11) is 0. The van der Waals surface area contributed by atoms with Crippen LogP contribution in [0, 0.1) is 0 Å². The molecule has 29 heavy (non-hydrogen) atoms. The van der Waals surface area contributed by atoms with E-state index in [4.69, 9.17) is 0 Å². The Morgan fingerprint density at radius 3 is 1.90 bits per heavy atom. The summed E-state index contributed by atoms with van der Waals surface area (Å²) in [5.41, 5.74) is -0.163. The molecule has 1 aromatic heterocycles. The number of aliphatic hydroxyl groups excluding tert-OH is 1. The normalized spacial score (nSPS) is 13.6. The molecule has 4 rings (SSSR count). The van der Waals surface area contributed by atoms with Gasteiger partial charge >= 0.3 is 6.18 Å². The first-order valence-corrected chi connectivity index (χ1v) is 8.88. The van der Waals surface area contributed by atoms with E-state index in [-0.39, 0.29) is 16.9 Å². The van der Waals surface area contributed by atoms with Gasteiger partial charge in [-0.3, -0.25) is 0 Å². The van der Waals surface area contributed by atoms with Gasteiger partial charge in [-0.05, 0) is 28.8 Å². The molecule has 0 aliphatic carbocycles. The lowest BCUT2D eigenvalue weighted by molar-refractivity contribution is -0.206. The van der Waals surface area contributed by atoms with Crippen molar-refractivity contribution in [3.05, 3.63) is 101 Å². The van der Waals surface area contributed by atoms with Gasteiger partial charge in [0.05, 0.1) is 11.0 Å². The molecule has 0 spiro atoms. The summed E-state index contributed by atoms with van der Waals surface area (Å²) in [5.74, 6) is 0.170. The van der Waals surface area contributed by atoms with Gasteiger partial charge in [-0.1, -0.05) is 66.7 Å². The highest BCUT2D eigenvalue weighted by molar-refractivity contribution is 5.76. The zero-order valence-electron chi connectivity index (χ0n) is 15.1. The Bertz CT molecular complexity index is 1090. The molecule has 148 valence electrons. The number of fused-ring (bicyclic) bond motifs is 1. The monoisotopic (exact) mass is 398 g/mol. The van der Waals surface area contributed by atoms with Crippen molar-refractivity contribution >= 4 is 11.0 Å². The molecule has 4 aromatic rings. The van der Waals surface area contributed by atoms with Crippen LogP contribution in [0.25, 0.3) is 11.0 Å². The van der Waals surface area contributed by atoms with Crippen LogP contribution in [-0.2, 0) is 5.60 Å². The van der Waals surface area contributed by atoms with Crippen LogP contribution in [0.4, 0.5) is 13.2 Å². The second-order valence-corrected chi connectivity index (χ2v) is 6.75. The molecule has 0 aliphatic rings. The molecule has 0 radical (unpaired) electrons. The summed E-state index contributed by atoms with van der Waals surface area (Å²) in [6.07, 6.45) is -7.37. The maximum atomic E-state index is 12.9. The number of aromatic amines is 1. The van der Waals surface area contributed by atoms with Crippen LogP contribution in [-0.4, -0.2) is 26.4 Å². The molecule has 0 bridgehead atoms. The quantitative estimate of drug-likeness (QED) is 0.476. The van der Waals surface area contributed by atoms with E-state index < -0.39 is 17.9 Å². The third-order valence-corrected chi connectivity index (χ3v) is 4.86. The predicted octanol–water partition coefficient (Wildman–Crippen LogP) is 4.44. The molecule has 3 aromatic carbocycles. The first kappa shape index (κ1) is 19.2. The van der Waals surface area contributed by atoms with Crippen LogP contribution in [0.5, 0.6) is 0 Å². The van der Waals surface area contributed by atoms with E-state index in [1.54, 1.807) is 48.5 Å². The number of alkyl halides is 3. The number of rotatable bonds is 4. The number of hydrogen-bond acceptors (Lipinski definition) is 3. The number of benzene rings is 3. The molecule has 0 saturated carbocycles. The molecule has 3 N–H and O–H groups in total. The van der Waals surface area contributed by atoms with Crippen LogP contribution in [0.2, 0.25) is 0 Å². The van der Waals surface area contributed by atoms with Gasteiger partial charge in [0.25, 0.3) is 0 Å². The Kier molecular flexibility index (Phi) is 4.64. The van der Waals surface area contributed by atoms with Gasteiger partial charge in [0.1, 0.15) is 5.82 Å². The molecule has 0 fully saturated rings. The highest BCUT2D eigenvalue weighted by Crippen LogP contribution is 2.37. The second kappa shape index (κ2) is 7.02. The largest absolute Gasteiger partial charge is 0.418 e. The average molecular weight is 398 g/mol. The number of imidazole rings is 1. The number of H-pyrrole nitrogens is 1. The van der Waals surface area contributed by atoms with Crippen molar-refractivity contribution in [1.82, 2.24) is 9.97 Å². The first-order chi connectivity index (χ1) is 13.8. The molecule has 1 unspecified atom stereocenters. The van der Waals surface area contributed by atoms with E-state index in [2.05, 4.69) is 9.97 Å².